The Morgan fingerprint density at radius 2 is 1.94 bits per heavy atom. The number of fused-ring (bicyclic) bond motifs is 3. The van der Waals surface area contributed by atoms with Crippen LogP contribution in [0.4, 0.5) is 11.4 Å². The van der Waals surface area contributed by atoms with Crippen LogP contribution in [0.1, 0.15) is 47.4 Å². The number of ether oxygens (including phenoxy) is 2. The zero-order valence-electron chi connectivity index (χ0n) is 17.8. The first-order chi connectivity index (χ1) is 15.2. The molecule has 2 aliphatic rings. The van der Waals surface area contributed by atoms with Gasteiger partial charge >= 0.3 is 11.9 Å². The van der Waals surface area contributed by atoms with Crippen molar-refractivity contribution in [2.45, 2.75) is 31.4 Å². The molecule has 0 spiro atoms. The number of hydrogen-bond acceptors (Lipinski definition) is 7. The molecule has 2 N–H and O–H groups in total. The lowest BCUT2D eigenvalue weighted by Gasteiger charge is -2.26. The predicted octanol–water partition coefficient (Wildman–Crippen LogP) is 2.99. The quantitative estimate of drug-likeness (QED) is 0.412. The van der Waals surface area contributed by atoms with Gasteiger partial charge in [0.1, 0.15) is 6.10 Å². The van der Waals surface area contributed by atoms with Crippen LogP contribution in [0.15, 0.2) is 36.4 Å². The maximum Gasteiger partial charge on any atom is 0.343 e. The lowest BCUT2D eigenvalue weighted by atomic mass is 9.88. The Labute approximate surface area is 190 Å². The van der Waals surface area contributed by atoms with Crippen LogP contribution < -0.4 is 15.0 Å². The first-order valence-corrected chi connectivity index (χ1v) is 10.6. The third kappa shape index (κ3) is 3.30. The minimum absolute atomic E-state index is 0.0979. The molecule has 0 fully saturated rings. The zero-order valence-corrected chi connectivity index (χ0v) is 18.6. The fraction of sp³-hybridized carbons (Fsp3) is 0.348. The Bertz CT molecular complexity index is 1110. The third-order valence-corrected chi connectivity index (χ3v) is 6.42. The first kappa shape index (κ1) is 22.1. The van der Waals surface area contributed by atoms with E-state index in [4.69, 9.17) is 21.1 Å². The summed E-state index contributed by atoms with van der Waals surface area (Å²) in [7, 11) is 1.23. The number of anilines is 2. The molecule has 2 aliphatic heterocycles. The molecule has 0 radical (unpaired) electrons. The van der Waals surface area contributed by atoms with Gasteiger partial charge in [-0.1, -0.05) is 18.2 Å². The van der Waals surface area contributed by atoms with Gasteiger partial charge in [-0.3, -0.25) is 4.79 Å². The summed E-state index contributed by atoms with van der Waals surface area (Å²) in [4.78, 5) is 39.2. The van der Waals surface area contributed by atoms with Crippen LogP contribution >= 0.6 is 11.6 Å². The number of esters is 2. The van der Waals surface area contributed by atoms with E-state index in [1.165, 1.54) is 25.9 Å². The summed E-state index contributed by atoms with van der Waals surface area (Å²) in [5.74, 6) is -1.47. The van der Waals surface area contributed by atoms with E-state index >= 15 is 0 Å². The Hall–Kier alpha value is -3.10. The van der Waals surface area contributed by atoms with Crippen molar-refractivity contribution >= 4 is 40.8 Å². The number of aliphatic hydroxyl groups is 1. The molecule has 8 nitrogen and oxygen atoms in total. The summed E-state index contributed by atoms with van der Waals surface area (Å²) in [6, 6.07) is 10.0. The number of rotatable bonds is 4. The smallest absolute Gasteiger partial charge is 0.343 e. The van der Waals surface area contributed by atoms with Crippen molar-refractivity contribution in [1.29, 1.82) is 0 Å². The van der Waals surface area contributed by atoms with Gasteiger partial charge in [0.25, 0.3) is 0 Å². The number of carbonyl (C=O) groups excluding carboxylic acids is 3. The van der Waals surface area contributed by atoms with Crippen molar-refractivity contribution < 1.29 is 29.0 Å². The highest BCUT2D eigenvalue weighted by Crippen LogP contribution is 2.55. The first-order valence-electron chi connectivity index (χ1n) is 10.1. The normalized spacial score (nSPS) is 23.2. The van der Waals surface area contributed by atoms with Crippen LogP contribution in [0.5, 0.6) is 5.75 Å². The second-order valence-corrected chi connectivity index (χ2v) is 8.36. The van der Waals surface area contributed by atoms with E-state index < -0.39 is 23.6 Å². The van der Waals surface area contributed by atoms with Gasteiger partial charge in [-0.25, -0.2) is 9.59 Å². The topological polar surface area (TPSA) is 105 Å². The molecule has 0 unspecified atom stereocenters. The van der Waals surface area contributed by atoms with E-state index in [9.17, 15) is 19.5 Å². The third-order valence-electron chi connectivity index (χ3n) is 6.04. The largest absolute Gasteiger partial charge is 0.467 e. The van der Waals surface area contributed by atoms with E-state index in [0.717, 1.165) is 0 Å². The number of amides is 1. The van der Waals surface area contributed by atoms with E-state index in [-0.39, 0.29) is 23.5 Å². The molecular formula is C23H23ClN2O6. The molecular weight excluding hydrogens is 436 g/mol. The SMILES string of the molecule is COC(=O)[C@]1(C)Nc2c(OC(=O)c3ccccc3)cc3c(c2[C@H]1O)[C@H](CCl)CN3C(C)=O. The fourth-order valence-corrected chi connectivity index (χ4v) is 4.64. The highest BCUT2D eigenvalue weighted by molar-refractivity contribution is 6.18. The van der Waals surface area contributed by atoms with Gasteiger partial charge < -0.3 is 24.8 Å². The van der Waals surface area contributed by atoms with Gasteiger partial charge in [-0.05, 0) is 24.6 Å². The average molecular weight is 459 g/mol. The van der Waals surface area contributed by atoms with Gasteiger partial charge in [0, 0.05) is 36.9 Å². The molecule has 0 saturated heterocycles. The Morgan fingerprint density at radius 1 is 1.25 bits per heavy atom. The van der Waals surface area contributed by atoms with Gasteiger partial charge in [0.05, 0.1) is 24.0 Å². The fourth-order valence-electron chi connectivity index (χ4n) is 4.38. The molecule has 3 atom stereocenters. The molecule has 2 aromatic rings. The molecule has 9 heteroatoms. The summed E-state index contributed by atoms with van der Waals surface area (Å²) in [5, 5.41) is 14.2. The van der Waals surface area contributed by atoms with Crippen LogP contribution in [0.3, 0.4) is 0 Å². The lowest BCUT2D eigenvalue weighted by molar-refractivity contribution is -0.149. The maximum atomic E-state index is 12.8. The van der Waals surface area contributed by atoms with Crippen LogP contribution in [-0.2, 0) is 14.3 Å². The molecule has 0 bridgehead atoms. The second-order valence-electron chi connectivity index (χ2n) is 8.05. The summed E-state index contributed by atoms with van der Waals surface area (Å²) in [5.41, 5.74) is 0.637. The molecule has 0 saturated carbocycles. The van der Waals surface area contributed by atoms with Crippen LogP contribution in [-0.4, -0.2) is 48.0 Å². The predicted molar refractivity (Wildman–Crippen MR) is 118 cm³/mol. The van der Waals surface area contributed by atoms with E-state index in [2.05, 4.69) is 5.32 Å². The highest BCUT2D eigenvalue weighted by atomic mass is 35.5. The molecule has 1 amide bonds. The average Bonchev–Trinajstić information content (AvgIpc) is 3.29. The molecule has 0 aliphatic carbocycles. The number of carbonyl (C=O) groups is 3. The van der Waals surface area contributed by atoms with E-state index in [1.807, 2.05) is 0 Å². The number of alkyl halides is 1. The van der Waals surface area contributed by atoms with Gasteiger partial charge in [-0.15, -0.1) is 11.6 Å². The Morgan fingerprint density at radius 3 is 2.53 bits per heavy atom. The molecule has 168 valence electrons. The van der Waals surface area contributed by atoms with Crippen molar-refractivity contribution in [3.63, 3.8) is 0 Å². The number of hydrogen-bond donors (Lipinski definition) is 2. The Kier molecular flexibility index (Phi) is 5.60. The van der Waals surface area contributed by atoms with Gasteiger partial charge in [0.2, 0.25) is 5.91 Å². The standard InChI is InChI=1S/C23H23ClN2O6/c1-12(27)26-11-14(10-24)17-15(26)9-16(32-21(29)13-7-5-4-6-8-13)19-18(17)20(28)23(2,25-19)22(30)31-3/h4-9,14,20,25,28H,10-11H2,1-3H3/t14-,20-,23-/m1/s1. The van der Waals surface area contributed by atoms with Crippen molar-refractivity contribution in [3.8, 4) is 5.75 Å². The number of aliphatic hydroxyl groups excluding tert-OH is 1. The minimum atomic E-state index is -1.51. The molecule has 2 heterocycles. The molecule has 32 heavy (non-hydrogen) atoms. The maximum absolute atomic E-state index is 12.8. The number of nitrogens with zero attached hydrogens (tertiary/aromatic N) is 1. The summed E-state index contributed by atoms with van der Waals surface area (Å²) in [6.07, 6.45) is -1.31. The molecule has 2 aromatic carbocycles. The highest BCUT2D eigenvalue weighted by Gasteiger charge is 2.53. The zero-order chi connectivity index (χ0) is 23.2. The van der Waals surface area contributed by atoms with Gasteiger partial charge in [-0.2, -0.15) is 0 Å². The van der Waals surface area contributed by atoms with Crippen LogP contribution in [0.25, 0.3) is 0 Å². The van der Waals surface area contributed by atoms with E-state index in [0.29, 0.717) is 34.6 Å². The summed E-state index contributed by atoms with van der Waals surface area (Å²) < 4.78 is 10.6. The number of nitrogens with one attached hydrogen (secondary N) is 1. The summed E-state index contributed by atoms with van der Waals surface area (Å²) >= 11 is 6.20. The number of halogens is 1. The lowest BCUT2D eigenvalue weighted by Crippen LogP contribution is -2.45. The van der Waals surface area contributed by atoms with Crippen molar-refractivity contribution in [3.05, 3.63) is 53.1 Å². The van der Waals surface area contributed by atoms with Crippen LogP contribution in [0, 0.1) is 0 Å². The Balaban J connectivity index is 1.89. The van der Waals surface area contributed by atoms with Crippen molar-refractivity contribution in [1.82, 2.24) is 0 Å². The minimum Gasteiger partial charge on any atom is -0.467 e. The summed E-state index contributed by atoms with van der Waals surface area (Å²) in [6.45, 7) is 3.25. The second kappa shape index (κ2) is 8.11. The number of benzene rings is 2. The van der Waals surface area contributed by atoms with E-state index in [1.54, 1.807) is 36.4 Å². The van der Waals surface area contributed by atoms with Crippen LogP contribution in [0.2, 0.25) is 0 Å². The monoisotopic (exact) mass is 458 g/mol. The van der Waals surface area contributed by atoms with Crippen molar-refractivity contribution in [2.75, 3.05) is 29.8 Å². The van der Waals surface area contributed by atoms with Gasteiger partial charge in [0.15, 0.2) is 11.3 Å². The molecule has 4 rings (SSSR count). The number of methoxy groups -OCH3 is 1. The van der Waals surface area contributed by atoms with Crippen molar-refractivity contribution in [2.24, 2.45) is 0 Å². The molecule has 0 aromatic heterocycles.